The van der Waals surface area contributed by atoms with Gasteiger partial charge in [0.15, 0.2) is 5.69 Å². The van der Waals surface area contributed by atoms with E-state index < -0.39 is 5.97 Å². The Morgan fingerprint density at radius 3 is 2.12 bits per heavy atom. The standard InChI is InChI=1S/C27H27ClN4O2/c28-22-10-19(27-11-16-7-17(12-27)9-18(8-16)13-27)1-6-23(22)30-20-2-4-21(5-3-20)31-25-15-29-14-24(32-25)26(33)34/h1-6,10,14-18,30H,7-9,11-13H2,(H,31,32)(H,33,34). The molecule has 4 aliphatic carbocycles. The second-order valence-electron chi connectivity index (χ2n) is 10.3. The molecule has 0 spiro atoms. The van der Waals surface area contributed by atoms with Crippen LogP contribution in [0.1, 0.15) is 54.6 Å². The van der Waals surface area contributed by atoms with E-state index in [1.807, 2.05) is 24.3 Å². The fraction of sp³-hybridized carbons (Fsp3) is 0.370. The minimum Gasteiger partial charge on any atom is -0.476 e. The van der Waals surface area contributed by atoms with Gasteiger partial charge in [0.2, 0.25) is 0 Å². The van der Waals surface area contributed by atoms with Gasteiger partial charge in [0.25, 0.3) is 0 Å². The van der Waals surface area contributed by atoms with Crippen molar-refractivity contribution in [2.75, 3.05) is 10.6 Å². The number of benzene rings is 2. The Labute approximate surface area is 203 Å². The maximum atomic E-state index is 11.1. The molecule has 34 heavy (non-hydrogen) atoms. The summed E-state index contributed by atoms with van der Waals surface area (Å²) in [5.74, 6) is 2.00. The molecule has 4 bridgehead atoms. The molecule has 6 nitrogen and oxygen atoms in total. The van der Waals surface area contributed by atoms with Crippen molar-refractivity contribution in [3.63, 3.8) is 0 Å². The molecule has 174 valence electrons. The molecule has 2 aromatic carbocycles. The predicted molar refractivity (Wildman–Crippen MR) is 133 cm³/mol. The molecule has 0 unspecified atom stereocenters. The van der Waals surface area contributed by atoms with Gasteiger partial charge in [-0.25, -0.2) is 9.78 Å². The second kappa shape index (κ2) is 8.27. The van der Waals surface area contributed by atoms with E-state index in [2.05, 4.69) is 38.8 Å². The minimum atomic E-state index is -1.11. The van der Waals surface area contributed by atoms with Crippen LogP contribution in [-0.2, 0) is 5.41 Å². The number of anilines is 4. The fourth-order valence-electron chi connectivity index (χ4n) is 6.88. The number of aromatic nitrogens is 2. The lowest BCUT2D eigenvalue weighted by atomic mass is 9.48. The molecular formula is C27H27ClN4O2. The molecule has 0 saturated heterocycles. The van der Waals surface area contributed by atoms with Crippen molar-refractivity contribution in [2.24, 2.45) is 17.8 Å². The molecule has 1 heterocycles. The summed E-state index contributed by atoms with van der Waals surface area (Å²) in [4.78, 5) is 19.0. The summed E-state index contributed by atoms with van der Waals surface area (Å²) >= 11 is 6.76. The maximum absolute atomic E-state index is 11.1. The van der Waals surface area contributed by atoms with Crippen LogP contribution in [-0.4, -0.2) is 21.0 Å². The van der Waals surface area contributed by atoms with Crippen molar-refractivity contribution in [3.05, 3.63) is 71.1 Å². The smallest absolute Gasteiger partial charge is 0.356 e. The molecule has 0 aliphatic heterocycles. The van der Waals surface area contributed by atoms with Crippen LogP contribution < -0.4 is 10.6 Å². The van der Waals surface area contributed by atoms with Gasteiger partial charge in [-0.15, -0.1) is 0 Å². The number of nitrogens with one attached hydrogen (secondary N) is 2. The van der Waals surface area contributed by atoms with E-state index in [-0.39, 0.29) is 5.69 Å². The zero-order chi connectivity index (χ0) is 23.3. The van der Waals surface area contributed by atoms with Crippen molar-refractivity contribution in [2.45, 2.75) is 43.9 Å². The molecule has 0 radical (unpaired) electrons. The lowest BCUT2D eigenvalue weighted by Crippen LogP contribution is -2.48. The molecule has 4 saturated carbocycles. The monoisotopic (exact) mass is 474 g/mol. The molecule has 0 amide bonds. The molecule has 4 fully saturated rings. The van der Waals surface area contributed by atoms with Crippen molar-refractivity contribution in [1.29, 1.82) is 0 Å². The molecule has 1 aromatic heterocycles. The lowest BCUT2D eigenvalue weighted by Gasteiger charge is -2.57. The van der Waals surface area contributed by atoms with Crippen molar-refractivity contribution < 1.29 is 9.90 Å². The van der Waals surface area contributed by atoms with Crippen LogP contribution in [0.15, 0.2) is 54.9 Å². The summed E-state index contributed by atoms with van der Waals surface area (Å²) in [6, 6.07) is 14.3. The molecule has 7 heteroatoms. The Morgan fingerprint density at radius 2 is 1.53 bits per heavy atom. The van der Waals surface area contributed by atoms with Gasteiger partial charge in [-0.3, -0.25) is 4.98 Å². The number of rotatable bonds is 6. The van der Waals surface area contributed by atoms with Crippen LogP contribution in [0, 0.1) is 17.8 Å². The number of hydrogen-bond acceptors (Lipinski definition) is 5. The summed E-state index contributed by atoms with van der Waals surface area (Å²) in [6.45, 7) is 0. The van der Waals surface area contributed by atoms with Gasteiger partial charge in [0.1, 0.15) is 5.82 Å². The number of hydrogen-bond donors (Lipinski definition) is 3. The van der Waals surface area contributed by atoms with Gasteiger partial charge < -0.3 is 15.7 Å². The Balaban J connectivity index is 1.15. The second-order valence-corrected chi connectivity index (χ2v) is 10.7. The molecule has 7 rings (SSSR count). The molecule has 3 aromatic rings. The van der Waals surface area contributed by atoms with E-state index >= 15 is 0 Å². The topological polar surface area (TPSA) is 87.1 Å². The highest BCUT2D eigenvalue weighted by Gasteiger charge is 2.51. The van der Waals surface area contributed by atoms with E-state index in [0.29, 0.717) is 11.2 Å². The van der Waals surface area contributed by atoms with Crippen LogP contribution >= 0.6 is 11.6 Å². The zero-order valence-electron chi connectivity index (χ0n) is 18.8. The van der Waals surface area contributed by atoms with E-state index in [1.54, 1.807) is 0 Å². The number of halogens is 1. The van der Waals surface area contributed by atoms with E-state index in [9.17, 15) is 4.79 Å². The van der Waals surface area contributed by atoms with Gasteiger partial charge in [-0.1, -0.05) is 17.7 Å². The summed E-state index contributed by atoms with van der Waals surface area (Å²) in [7, 11) is 0. The van der Waals surface area contributed by atoms with Gasteiger partial charge in [-0.05, 0) is 104 Å². The fourth-order valence-corrected chi connectivity index (χ4v) is 7.11. The van der Waals surface area contributed by atoms with Crippen LogP contribution in [0.2, 0.25) is 5.02 Å². The number of carboxylic acids is 1. The number of carboxylic acid groups (broad SMARTS) is 1. The SMILES string of the molecule is O=C(O)c1cncc(Nc2ccc(Nc3ccc(C45CC6CC(CC(C6)C4)C5)cc3Cl)cc2)n1. The summed E-state index contributed by atoms with van der Waals surface area (Å²) < 4.78 is 0. The first-order chi connectivity index (χ1) is 16.5. The first-order valence-electron chi connectivity index (χ1n) is 12.0. The quantitative estimate of drug-likeness (QED) is 0.365. The summed E-state index contributed by atoms with van der Waals surface area (Å²) in [6.07, 6.45) is 11.0. The highest BCUT2D eigenvalue weighted by molar-refractivity contribution is 6.33. The maximum Gasteiger partial charge on any atom is 0.356 e. The molecular weight excluding hydrogens is 448 g/mol. The van der Waals surface area contributed by atoms with Crippen LogP contribution in [0.4, 0.5) is 22.9 Å². The van der Waals surface area contributed by atoms with Gasteiger partial charge in [-0.2, -0.15) is 0 Å². The van der Waals surface area contributed by atoms with Crippen LogP contribution in [0.25, 0.3) is 0 Å². The van der Waals surface area contributed by atoms with E-state index in [0.717, 1.165) is 39.8 Å². The molecule has 3 N–H and O–H groups in total. The first kappa shape index (κ1) is 21.4. The zero-order valence-corrected chi connectivity index (χ0v) is 19.6. The highest BCUT2D eigenvalue weighted by Crippen LogP contribution is 2.61. The van der Waals surface area contributed by atoms with Gasteiger partial charge >= 0.3 is 5.97 Å². The lowest BCUT2D eigenvalue weighted by molar-refractivity contribution is -0.00518. The van der Waals surface area contributed by atoms with Gasteiger partial charge in [0, 0.05) is 11.4 Å². The number of carbonyl (C=O) groups is 1. The Bertz CT molecular complexity index is 1210. The first-order valence-corrected chi connectivity index (χ1v) is 12.3. The Kier molecular flexibility index (Phi) is 5.21. The number of nitrogens with zero attached hydrogens (tertiary/aromatic N) is 2. The minimum absolute atomic E-state index is 0.102. The predicted octanol–water partition coefficient (Wildman–Crippen LogP) is 6.78. The van der Waals surface area contributed by atoms with Crippen molar-refractivity contribution >= 4 is 40.5 Å². The summed E-state index contributed by atoms with van der Waals surface area (Å²) in [5, 5.41) is 16.3. The summed E-state index contributed by atoms with van der Waals surface area (Å²) in [5.41, 5.74) is 4.26. The molecule has 4 aliphatic rings. The van der Waals surface area contributed by atoms with Crippen LogP contribution in [0.5, 0.6) is 0 Å². The van der Waals surface area contributed by atoms with Crippen molar-refractivity contribution in [1.82, 2.24) is 9.97 Å². The van der Waals surface area contributed by atoms with Crippen molar-refractivity contribution in [3.8, 4) is 0 Å². The average molecular weight is 475 g/mol. The highest BCUT2D eigenvalue weighted by atomic mass is 35.5. The Hall–Kier alpha value is -3.12. The number of aromatic carboxylic acids is 1. The van der Waals surface area contributed by atoms with E-state index in [4.69, 9.17) is 16.7 Å². The third-order valence-electron chi connectivity index (χ3n) is 7.91. The average Bonchev–Trinajstić information content (AvgIpc) is 2.81. The van der Waals surface area contributed by atoms with Gasteiger partial charge in [0.05, 0.1) is 23.1 Å². The molecule has 0 atom stereocenters. The third kappa shape index (κ3) is 4.00. The Morgan fingerprint density at radius 1 is 0.912 bits per heavy atom. The van der Waals surface area contributed by atoms with E-state index in [1.165, 1.54) is 56.5 Å². The van der Waals surface area contributed by atoms with Crippen LogP contribution in [0.3, 0.4) is 0 Å². The normalized spacial score (nSPS) is 26.9. The third-order valence-corrected chi connectivity index (χ3v) is 8.22. The largest absolute Gasteiger partial charge is 0.476 e.